The van der Waals surface area contributed by atoms with Crippen molar-refractivity contribution in [3.05, 3.63) is 0 Å². The molecule has 4 aliphatic heterocycles. The highest BCUT2D eigenvalue weighted by Crippen LogP contribution is 2.39. The van der Waals surface area contributed by atoms with Gasteiger partial charge in [0.2, 0.25) is 0 Å². The lowest BCUT2D eigenvalue weighted by Crippen LogP contribution is -2.59. The van der Waals surface area contributed by atoms with Crippen molar-refractivity contribution in [2.45, 2.75) is 46.5 Å². The Morgan fingerprint density at radius 1 is 0.694 bits per heavy atom. The maximum absolute atomic E-state index is 11.3. The molecule has 0 aromatic heterocycles. The highest BCUT2D eigenvalue weighted by Gasteiger charge is 2.50. The molecule has 4 fully saturated rings. The lowest BCUT2D eigenvalue weighted by Gasteiger charge is -2.50. The second-order valence-corrected chi connectivity index (χ2v) is 9.73. The van der Waals surface area contributed by atoms with Crippen LogP contribution in [-0.2, 0) is 57.0 Å². The quantitative estimate of drug-likeness (QED) is 0.185. The SMILES string of the molecule is CC(=O)OCCOCCC(=O)OCC1(C)COC1.CC(=O)OCCOCCC12OCC(C)(CO1)CO2. The van der Waals surface area contributed by atoms with Gasteiger partial charge in [-0.25, -0.2) is 0 Å². The fourth-order valence-electron chi connectivity index (χ4n) is 3.23. The zero-order valence-electron chi connectivity index (χ0n) is 21.8. The fourth-order valence-corrected chi connectivity index (χ4v) is 3.23. The maximum Gasteiger partial charge on any atom is 0.308 e. The Kier molecular flexibility index (Phi) is 12.5. The standard InChI is InChI=1S/2C12H20O6/c1-10(13)15-6-5-14-4-3-12-16-7-11(2,8-17-12)9-18-12;1-10(13)17-6-5-15-4-3-11(14)18-9-12(2)7-16-8-12/h2*3-9H2,1-2H3. The van der Waals surface area contributed by atoms with Crippen molar-refractivity contribution < 1.29 is 57.0 Å². The normalized spacial score (nSPS) is 25.7. The number of esters is 3. The minimum Gasteiger partial charge on any atom is -0.465 e. The van der Waals surface area contributed by atoms with E-state index in [-0.39, 0.29) is 55.0 Å². The van der Waals surface area contributed by atoms with Crippen molar-refractivity contribution in [2.75, 3.05) is 79.3 Å². The van der Waals surface area contributed by atoms with Crippen LogP contribution in [0.15, 0.2) is 0 Å². The van der Waals surface area contributed by atoms with Gasteiger partial charge in [0.1, 0.15) is 19.8 Å². The first-order valence-electron chi connectivity index (χ1n) is 12.1. The number of hydrogen-bond donors (Lipinski definition) is 0. The third-order valence-corrected chi connectivity index (χ3v) is 5.47. The Morgan fingerprint density at radius 2 is 1.22 bits per heavy atom. The minimum absolute atomic E-state index is 0.0159. The predicted molar refractivity (Wildman–Crippen MR) is 123 cm³/mol. The van der Waals surface area contributed by atoms with Crippen molar-refractivity contribution in [1.82, 2.24) is 0 Å². The molecular formula is C24H40O12. The third-order valence-electron chi connectivity index (χ3n) is 5.47. The van der Waals surface area contributed by atoms with E-state index < -0.39 is 5.97 Å². The van der Waals surface area contributed by atoms with E-state index in [1.807, 2.05) is 6.92 Å². The molecule has 4 rings (SSSR count). The first kappa shape index (κ1) is 30.4. The zero-order chi connectivity index (χ0) is 26.5. The van der Waals surface area contributed by atoms with Crippen LogP contribution in [0.4, 0.5) is 0 Å². The molecule has 0 unspecified atom stereocenters. The van der Waals surface area contributed by atoms with E-state index in [1.165, 1.54) is 13.8 Å². The van der Waals surface area contributed by atoms with Gasteiger partial charge >= 0.3 is 17.9 Å². The largest absolute Gasteiger partial charge is 0.465 e. The average molecular weight is 521 g/mol. The third kappa shape index (κ3) is 11.5. The van der Waals surface area contributed by atoms with E-state index in [2.05, 4.69) is 11.7 Å². The summed E-state index contributed by atoms with van der Waals surface area (Å²) in [5.41, 5.74) is -0.0379. The summed E-state index contributed by atoms with van der Waals surface area (Å²) in [6, 6.07) is 0. The summed E-state index contributed by atoms with van der Waals surface area (Å²) in [5.74, 6) is -1.85. The van der Waals surface area contributed by atoms with Crippen LogP contribution in [0, 0.1) is 10.8 Å². The second-order valence-electron chi connectivity index (χ2n) is 9.73. The molecule has 0 amide bonds. The highest BCUT2D eigenvalue weighted by atomic mass is 16.9. The second kappa shape index (κ2) is 14.8. The topological polar surface area (TPSA) is 134 Å². The average Bonchev–Trinajstić information content (AvgIpc) is 2.82. The van der Waals surface area contributed by atoms with E-state index >= 15 is 0 Å². The van der Waals surface area contributed by atoms with Gasteiger partial charge in [-0.05, 0) is 0 Å². The van der Waals surface area contributed by atoms with Gasteiger partial charge in [0, 0.05) is 24.7 Å². The molecule has 0 spiro atoms. The van der Waals surface area contributed by atoms with Gasteiger partial charge in [0.15, 0.2) is 0 Å². The Labute approximate surface area is 212 Å². The molecule has 12 heteroatoms. The lowest BCUT2D eigenvalue weighted by atomic mass is 9.90. The molecule has 2 bridgehead atoms. The molecule has 0 aliphatic carbocycles. The fraction of sp³-hybridized carbons (Fsp3) is 0.875. The minimum atomic E-state index is -0.931. The molecule has 0 aromatic carbocycles. The monoisotopic (exact) mass is 520 g/mol. The molecular weight excluding hydrogens is 480 g/mol. The summed E-state index contributed by atoms with van der Waals surface area (Å²) >= 11 is 0. The summed E-state index contributed by atoms with van der Waals surface area (Å²) in [7, 11) is 0. The molecule has 0 N–H and O–H groups in total. The van der Waals surface area contributed by atoms with E-state index in [4.69, 9.17) is 37.9 Å². The Bertz CT molecular complexity index is 681. The van der Waals surface area contributed by atoms with Gasteiger partial charge in [0.25, 0.3) is 5.97 Å². The van der Waals surface area contributed by atoms with E-state index in [9.17, 15) is 14.4 Å². The molecule has 0 saturated carbocycles. The summed E-state index contributed by atoms with van der Waals surface area (Å²) in [6.45, 7) is 12.3. The van der Waals surface area contributed by atoms with E-state index in [0.29, 0.717) is 65.9 Å². The molecule has 12 nitrogen and oxygen atoms in total. The van der Waals surface area contributed by atoms with Gasteiger partial charge in [-0.3, -0.25) is 14.4 Å². The number of carbonyl (C=O) groups is 3. The lowest BCUT2D eigenvalue weighted by molar-refractivity contribution is -0.468. The van der Waals surface area contributed by atoms with Crippen LogP contribution in [0.3, 0.4) is 0 Å². The van der Waals surface area contributed by atoms with Gasteiger partial charge in [-0.1, -0.05) is 13.8 Å². The number of ether oxygens (including phenoxy) is 9. The van der Waals surface area contributed by atoms with Crippen LogP contribution in [0.1, 0.15) is 40.5 Å². The number of rotatable bonds is 14. The number of fused-ring (bicyclic) bond motifs is 3. The van der Waals surface area contributed by atoms with E-state index in [1.54, 1.807) is 0 Å². The molecule has 4 aliphatic rings. The predicted octanol–water partition coefficient (Wildman–Crippen LogP) is 1.23. The Morgan fingerprint density at radius 3 is 1.69 bits per heavy atom. The highest BCUT2D eigenvalue weighted by molar-refractivity contribution is 5.69. The molecule has 208 valence electrons. The van der Waals surface area contributed by atoms with Crippen molar-refractivity contribution in [2.24, 2.45) is 10.8 Å². The van der Waals surface area contributed by atoms with Gasteiger partial charge < -0.3 is 42.6 Å². The van der Waals surface area contributed by atoms with Crippen molar-refractivity contribution >= 4 is 17.9 Å². The first-order chi connectivity index (χ1) is 17.1. The van der Waals surface area contributed by atoms with Crippen molar-refractivity contribution in [3.8, 4) is 0 Å². The summed E-state index contributed by atoms with van der Waals surface area (Å²) in [4.78, 5) is 32.3. The molecule has 0 aromatic rings. The smallest absolute Gasteiger partial charge is 0.308 e. The van der Waals surface area contributed by atoms with Crippen LogP contribution in [0.2, 0.25) is 0 Å². The van der Waals surface area contributed by atoms with Crippen molar-refractivity contribution in [1.29, 1.82) is 0 Å². The molecule has 0 radical (unpaired) electrons. The maximum atomic E-state index is 11.3. The number of hydrogen-bond acceptors (Lipinski definition) is 12. The zero-order valence-corrected chi connectivity index (χ0v) is 21.8. The van der Waals surface area contributed by atoms with Crippen LogP contribution in [0.5, 0.6) is 0 Å². The summed E-state index contributed by atoms with van der Waals surface area (Å²) in [6.07, 6.45) is 0.722. The van der Waals surface area contributed by atoms with Gasteiger partial charge in [-0.2, -0.15) is 0 Å². The molecule has 0 atom stereocenters. The number of carbonyl (C=O) groups excluding carboxylic acids is 3. The Hall–Kier alpha value is -1.83. The van der Waals surface area contributed by atoms with Crippen LogP contribution in [0.25, 0.3) is 0 Å². The first-order valence-corrected chi connectivity index (χ1v) is 12.1. The molecule has 4 heterocycles. The van der Waals surface area contributed by atoms with Gasteiger partial charge in [-0.15, -0.1) is 0 Å². The van der Waals surface area contributed by atoms with Crippen LogP contribution >= 0.6 is 0 Å². The van der Waals surface area contributed by atoms with Gasteiger partial charge in [0.05, 0.1) is 72.3 Å². The summed E-state index contributed by atoms with van der Waals surface area (Å²) in [5, 5.41) is 0. The van der Waals surface area contributed by atoms with E-state index in [0.717, 1.165) is 0 Å². The summed E-state index contributed by atoms with van der Waals surface area (Å²) < 4.78 is 46.9. The molecule has 36 heavy (non-hydrogen) atoms. The van der Waals surface area contributed by atoms with Crippen LogP contribution in [-0.4, -0.2) is 103 Å². The molecule has 4 saturated heterocycles. The van der Waals surface area contributed by atoms with Crippen LogP contribution < -0.4 is 0 Å². The van der Waals surface area contributed by atoms with Crippen molar-refractivity contribution in [3.63, 3.8) is 0 Å². The Balaban J connectivity index is 0.000000254.